The molecule has 0 saturated heterocycles. The topological polar surface area (TPSA) is 58.6 Å². The molecule has 0 spiro atoms. The van der Waals surface area contributed by atoms with Crippen molar-refractivity contribution in [3.63, 3.8) is 0 Å². The molecule has 100 valence electrons. The highest BCUT2D eigenvalue weighted by Gasteiger charge is 2.35. The molecule has 2 N–H and O–H groups in total. The highest BCUT2D eigenvalue weighted by atomic mass is 16.6. The van der Waals surface area contributed by atoms with Gasteiger partial charge in [0, 0.05) is 0 Å². The number of aliphatic hydroxyl groups is 1. The number of nitrogens with one attached hydrogen (secondary N) is 1. The van der Waals surface area contributed by atoms with Gasteiger partial charge in [-0.2, -0.15) is 0 Å². The van der Waals surface area contributed by atoms with Crippen LogP contribution in [0.25, 0.3) is 0 Å². The average Bonchev–Trinajstić information content (AvgIpc) is 2.07. The maximum Gasteiger partial charge on any atom is 0.407 e. The van der Waals surface area contributed by atoms with Gasteiger partial charge in [-0.05, 0) is 45.4 Å². The fourth-order valence-corrected chi connectivity index (χ4v) is 2.18. The zero-order valence-electron chi connectivity index (χ0n) is 11.5. The summed E-state index contributed by atoms with van der Waals surface area (Å²) < 4.78 is 5.20. The Hall–Kier alpha value is -0.770. The summed E-state index contributed by atoms with van der Waals surface area (Å²) in [5.41, 5.74) is -0.335. The Kier molecular flexibility index (Phi) is 4.07. The molecule has 0 aromatic rings. The molecule has 4 nitrogen and oxygen atoms in total. The van der Waals surface area contributed by atoms with Crippen LogP contribution in [0.2, 0.25) is 0 Å². The Morgan fingerprint density at radius 2 is 2.00 bits per heavy atom. The van der Waals surface area contributed by atoms with Crippen molar-refractivity contribution in [1.82, 2.24) is 5.32 Å². The van der Waals surface area contributed by atoms with Gasteiger partial charge < -0.3 is 15.2 Å². The Morgan fingerprint density at radius 1 is 1.41 bits per heavy atom. The summed E-state index contributed by atoms with van der Waals surface area (Å²) in [6.07, 6.45) is 1.59. The van der Waals surface area contributed by atoms with Gasteiger partial charge >= 0.3 is 6.09 Å². The number of amides is 1. The number of carbonyl (C=O) groups excluding carboxylic acids is 1. The number of alkyl carbamates (subject to hydrolysis) is 1. The smallest absolute Gasteiger partial charge is 0.407 e. The quantitative estimate of drug-likeness (QED) is 0.743. The van der Waals surface area contributed by atoms with Gasteiger partial charge in [-0.15, -0.1) is 0 Å². The predicted molar refractivity (Wildman–Crippen MR) is 66.8 cm³/mol. The molecule has 1 amide bonds. The molecule has 1 aliphatic carbocycles. The van der Waals surface area contributed by atoms with Crippen molar-refractivity contribution in [2.24, 2.45) is 5.41 Å². The van der Waals surface area contributed by atoms with Crippen LogP contribution in [0.1, 0.15) is 53.9 Å². The number of hydrogen-bond acceptors (Lipinski definition) is 3. The van der Waals surface area contributed by atoms with Crippen molar-refractivity contribution in [2.75, 3.05) is 0 Å². The normalized spacial score (nSPS) is 28.6. The minimum atomic E-state index is -0.501. The third kappa shape index (κ3) is 4.94. The second-order valence-corrected chi connectivity index (χ2v) is 6.73. The first-order valence-corrected chi connectivity index (χ1v) is 6.27. The Bertz CT molecular complexity index is 281. The monoisotopic (exact) mass is 243 g/mol. The van der Waals surface area contributed by atoms with E-state index in [1.54, 1.807) is 0 Å². The van der Waals surface area contributed by atoms with Crippen LogP contribution in [-0.2, 0) is 4.74 Å². The lowest BCUT2D eigenvalue weighted by molar-refractivity contribution is 0.0201. The van der Waals surface area contributed by atoms with E-state index in [4.69, 9.17) is 4.74 Å². The maximum absolute atomic E-state index is 11.6. The highest BCUT2D eigenvalue weighted by Crippen LogP contribution is 2.35. The van der Waals surface area contributed by atoms with Crippen LogP contribution in [0.3, 0.4) is 0 Å². The molecule has 17 heavy (non-hydrogen) atoms. The van der Waals surface area contributed by atoms with E-state index < -0.39 is 17.8 Å². The van der Waals surface area contributed by atoms with Crippen molar-refractivity contribution in [3.8, 4) is 0 Å². The third-order valence-corrected chi connectivity index (χ3v) is 3.06. The van der Waals surface area contributed by atoms with Crippen LogP contribution in [0, 0.1) is 5.41 Å². The fourth-order valence-electron chi connectivity index (χ4n) is 2.18. The van der Waals surface area contributed by atoms with Crippen molar-refractivity contribution < 1.29 is 14.6 Å². The van der Waals surface area contributed by atoms with Gasteiger partial charge in [0.25, 0.3) is 0 Å². The average molecular weight is 243 g/mol. The first-order valence-electron chi connectivity index (χ1n) is 6.27. The van der Waals surface area contributed by atoms with Crippen molar-refractivity contribution >= 4 is 6.09 Å². The van der Waals surface area contributed by atoms with E-state index in [-0.39, 0.29) is 11.5 Å². The number of ether oxygens (including phenoxy) is 1. The number of hydrogen-bond donors (Lipinski definition) is 2. The van der Waals surface area contributed by atoms with Crippen molar-refractivity contribution in [1.29, 1.82) is 0 Å². The molecule has 2 atom stereocenters. The molecule has 0 aromatic heterocycles. The standard InChI is InChI=1S/C13H25NO3/c1-12(2,3)17-11(16)14-9-8-13(4,5)7-6-10(9)15/h9-10,15H,6-8H2,1-5H3,(H,14,16)/t9-,10-/m1/s1. The summed E-state index contributed by atoms with van der Waals surface area (Å²) in [6, 6.07) is -0.200. The molecular weight excluding hydrogens is 218 g/mol. The minimum absolute atomic E-state index is 0.166. The van der Waals surface area contributed by atoms with Gasteiger partial charge in [-0.1, -0.05) is 13.8 Å². The molecule has 1 fully saturated rings. The number of rotatable bonds is 1. The van der Waals surface area contributed by atoms with Crippen LogP contribution >= 0.6 is 0 Å². The predicted octanol–water partition coefficient (Wildman–Crippen LogP) is 2.45. The zero-order valence-corrected chi connectivity index (χ0v) is 11.5. The Labute approximate surface area is 104 Å². The van der Waals surface area contributed by atoms with E-state index >= 15 is 0 Å². The molecule has 1 saturated carbocycles. The van der Waals surface area contributed by atoms with Gasteiger partial charge in [-0.3, -0.25) is 0 Å². The molecule has 0 bridgehead atoms. The first-order chi connectivity index (χ1) is 7.59. The molecule has 0 unspecified atom stereocenters. The molecule has 0 aliphatic heterocycles. The molecule has 4 heteroatoms. The van der Waals surface area contributed by atoms with E-state index in [2.05, 4.69) is 19.2 Å². The van der Waals surface area contributed by atoms with Crippen molar-refractivity contribution in [2.45, 2.75) is 71.6 Å². The van der Waals surface area contributed by atoms with Crippen LogP contribution in [0.4, 0.5) is 4.79 Å². The van der Waals surface area contributed by atoms with Gasteiger partial charge in [0.2, 0.25) is 0 Å². The molecule has 1 aliphatic rings. The van der Waals surface area contributed by atoms with E-state index in [1.807, 2.05) is 20.8 Å². The Balaban J connectivity index is 2.52. The lowest BCUT2D eigenvalue weighted by Crippen LogP contribution is -2.50. The van der Waals surface area contributed by atoms with Crippen LogP contribution in [0.5, 0.6) is 0 Å². The van der Waals surface area contributed by atoms with Crippen LogP contribution < -0.4 is 5.32 Å². The van der Waals surface area contributed by atoms with E-state index in [0.717, 1.165) is 19.3 Å². The van der Waals surface area contributed by atoms with Gasteiger partial charge in [0.1, 0.15) is 5.60 Å². The van der Waals surface area contributed by atoms with Gasteiger partial charge in [0.05, 0.1) is 12.1 Å². The van der Waals surface area contributed by atoms with E-state index in [1.165, 1.54) is 0 Å². The first kappa shape index (κ1) is 14.3. The van der Waals surface area contributed by atoms with E-state index in [9.17, 15) is 9.90 Å². The molecular formula is C13H25NO3. The highest BCUT2D eigenvalue weighted by molar-refractivity contribution is 5.68. The molecule has 0 radical (unpaired) electrons. The maximum atomic E-state index is 11.6. The third-order valence-electron chi connectivity index (χ3n) is 3.06. The van der Waals surface area contributed by atoms with Crippen LogP contribution in [0.15, 0.2) is 0 Å². The minimum Gasteiger partial charge on any atom is -0.444 e. The summed E-state index contributed by atoms with van der Waals surface area (Å²) in [5, 5.41) is 12.6. The van der Waals surface area contributed by atoms with Crippen LogP contribution in [-0.4, -0.2) is 28.9 Å². The van der Waals surface area contributed by atoms with Crippen molar-refractivity contribution in [3.05, 3.63) is 0 Å². The number of carbonyl (C=O) groups is 1. The fraction of sp³-hybridized carbons (Fsp3) is 0.923. The molecule has 0 aromatic carbocycles. The number of aliphatic hydroxyl groups excluding tert-OH is 1. The lowest BCUT2D eigenvalue weighted by atomic mass is 9.74. The largest absolute Gasteiger partial charge is 0.444 e. The van der Waals surface area contributed by atoms with Gasteiger partial charge in [0.15, 0.2) is 0 Å². The van der Waals surface area contributed by atoms with Gasteiger partial charge in [-0.25, -0.2) is 4.79 Å². The summed E-state index contributed by atoms with van der Waals surface area (Å²) in [4.78, 5) is 11.6. The summed E-state index contributed by atoms with van der Waals surface area (Å²) in [7, 11) is 0. The summed E-state index contributed by atoms with van der Waals surface area (Å²) in [5.74, 6) is 0. The Morgan fingerprint density at radius 3 is 2.53 bits per heavy atom. The second-order valence-electron chi connectivity index (χ2n) is 6.73. The SMILES string of the molecule is CC1(C)CC[C@@H](O)[C@H](NC(=O)OC(C)(C)C)C1. The summed E-state index contributed by atoms with van der Waals surface area (Å²) >= 11 is 0. The second kappa shape index (κ2) is 4.84. The lowest BCUT2D eigenvalue weighted by Gasteiger charge is -2.38. The molecule has 0 heterocycles. The zero-order chi connectivity index (χ0) is 13.3. The summed E-state index contributed by atoms with van der Waals surface area (Å²) in [6.45, 7) is 9.79. The van der Waals surface area contributed by atoms with E-state index in [0.29, 0.717) is 0 Å². The molecule has 1 rings (SSSR count).